The second kappa shape index (κ2) is 6.68. The number of rotatable bonds is 5. The lowest BCUT2D eigenvalue weighted by Gasteiger charge is -2.14. The zero-order valence-electron chi connectivity index (χ0n) is 11.8. The van der Waals surface area contributed by atoms with Crippen LogP contribution < -0.4 is 9.47 Å². The molecular formula is C16H18O3S. The summed E-state index contributed by atoms with van der Waals surface area (Å²) in [5.74, 6) is 1.33. The van der Waals surface area contributed by atoms with Crippen LogP contribution in [0.4, 0.5) is 0 Å². The van der Waals surface area contributed by atoms with Crippen LogP contribution in [0.5, 0.6) is 11.5 Å². The Labute approximate surface area is 123 Å². The lowest BCUT2D eigenvalue weighted by molar-refractivity contribution is 0.219. The fraction of sp³-hybridized carbons (Fsp3) is 0.250. The molecule has 0 fully saturated rings. The van der Waals surface area contributed by atoms with Crippen molar-refractivity contribution in [3.63, 3.8) is 0 Å². The first kappa shape index (κ1) is 14.8. The van der Waals surface area contributed by atoms with Crippen molar-refractivity contribution in [1.82, 2.24) is 0 Å². The number of aliphatic hydroxyl groups is 1. The van der Waals surface area contributed by atoms with E-state index >= 15 is 0 Å². The molecule has 0 amide bonds. The van der Waals surface area contributed by atoms with Gasteiger partial charge < -0.3 is 14.6 Å². The van der Waals surface area contributed by atoms with Crippen molar-refractivity contribution in [2.75, 3.05) is 20.5 Å². The van der Waals surface area contributed by atoms with Gasteiger partial charge in [0.1, 0.15) is 17.6 Å². The number of hydrogen-bond acceptors (Lipinski definition) is 4. The van der Waals surface area contributed by atoms with Crippen LogP contribution >= 0.6 is 11.8 Å². The van der Waals surface area contributed by atoms with Gasteiger partial charge in [0.15, 0.2) is 0 Å². The SMILES string of the molecule is COc1cc(OC)cc(C(O)c2ccc(SC)cc2)c1. The molecule has 0 spiro atoms. The van der Waals surface area contributed by atoms with Gasteiger partial charge in [0.25, 0.3) is 0 Å². The van der Waals surface area contributed by atoms with Crippen molar-refractivity contribution in [3.8, 4) is 11.5 Å². The fourth-order valence-corrected chi connectivity index (χ4v) is 2.37. The fourth-order valence-electron chi connectivity index (χ4n) is 1.97. The highest BCUT2D eigenvalue weighted by molar-refractivity contribution is 7.98. The number of thioether (sulfide) groups is 1. The van der Waals surface area contributed by atoms with Crippen LogP contribution in [-0.4, -0.2) is 25.6 Å². The average Bonchev–Trinajstić information content (AvgIpc) is 2.53. The van der Waals surface area contributed by atoms with E-state index in [9.17, 15) is 5.11 Å². The second-order valence-electron chi connectivity index (χ2n) is 4.32. The Morgan fingerprint density at radius 3 is 1.90 bits per heavy atom. The molecule has 1 N–H and O–H groups in total. The first-order chi connectivity index (χ1) is 9.67. The molecule has 2 aromatic carbocycles. The zero-order valence-corrected chi connectivity index (χ0v) is 12.6. The van der Waals surface area contributed by atoms with Gasteiger partial charge >= 0.3 is 0 Å². The quantitative estimate of drug-likeness (QED) is 0.855. The number of methoxy groups -OCH3 is 2. The molecule has 0 aliphatic carbocycles. The Bertz CT molecular complexity index is 544. The minimum absolute atomic E-state index is 0.666. The van der Waals surface area contributed by atoms with Crippen LogP contribution in [0, 0.1) is 0 Å². The van der Waals surface area contributed by atoms with Gasteiger partial charge in [-0.05, 0) is 41.6 Å². The predicted molar refractivity (Wildman–Crippen MR) is 81.8 cm³/mol. The van der Waals surface area contributed by atoms with Crippen LogP contribution in [-0.2, 0) is 0 Å². The molecule has 4 heteroatoms. The molecule has 0 saturated carbocycles. The van der Waals surface area contributed by atoms with Crippen LogP contribution in [0.1, 0.15) is 17.2 Å². The second-order valence-corrected chi connectivity index (χ2v) is 5.20. The maximum absolute atomic E-state index is 10.5. The minimum atomic E-state index is -0.699. The summed E-state index contributed by atoms with van der Waals surface area (Å²) in [4.78, 5) is 1.17. The molecule has 0 aliphatic rings. The summed E-state index contributed by atoms with van der Waals surface area (Å²) in [5.41, 5.74) is 1.59. The Balaban J connectivity index is 2.33. The zero-order chi connectivity index (χ0) is 14.5. The van der Waals surface area contributed by atoms with Crippen LogP contribution in [0.25, 0.3) is 0 Å². The van der Waals surface area contributed by atoms with Crippen molar-refractivity contribution in [1.29, 1.82) is 0 Å². The lowest BCUT2D eigenvalue weighted by Crippen LogP contribution is -2.01. The van der Waals surface area contributed by atoms with Gasteiger partial charge in [-0.2, -0.15) is 0 Å². The highest BCUT2D eigenvalue weighted by Gasteiger charge is 2.13. The van der Waals surface area contributed by atoms with E-state index < -0.39 is 6.10 Å². The molecule has 1 atom stereocenters. The summed E-state index contributed by atoms with van der Waals surface area (Å²) in [6, 6.07) is 13.3. The molecule has 2 aromatic rings. The van der Waals surface area contributed by atoms with Crippen molar-refractivity contribution < 1.29 is 14.6 Å². The molecular weight excluding hydrogens is 272 g/mol. The van der Waals surface area contributed by atoms with E-state index in [1.54, 1.807) is 32.0 Å². The highest BCUT2D eigenvalue weighted by atomic mass is 32.2. The van der Waals surface area contributed by atoms with Crippen LogP contribution in [0.2, 0.25) is 0 Å². The first-order valence-corrected chi connectivity index (χ1v) is 7.45. The normalized spacial score (nSPS) is 12.0. The maximum Gasteiger partial charge on any atom is 0.122 e. The molecule has 0 aromatic heterocycles. The molecule has 0 saturated heterocycles. The molecule has 20 heavy (non-hydrogen) atoms. The summed E-state index contributed by atoms with van der Waals surface area (Å²) < 4.78 is 10.5. The van der Waals surface area contributed by atoms with Gasteiger partial charge in [-0.3, -0.25) is 0 Å². The monoisotopic (exact) mass is 290 g/mol. The first-order valence-electron chi connectivity index (χ1n) is 6.23. The molecule has 2 rings (SSSR count). The average molecular weight is 290 g/mol. The van der Waals surface area contributed by atoms with E-state index in [1.165, 1.54) is 4.90 Å². The third-order valence-electron chi connectivity index (χ3n) is 3.12. The molecule has 3 nitrogen and oxygen atoms in total. The molecule has 106 valence electrons. The van der Waals surface area contributed by atoms with Gasteiger partial charge in [-0.25, -0.2) is 0 Å². The van der Waals surface area contributed by atoms with Crippen LogP contribution in [0.15, 0.2) is 47.4 Å². The Hall–Kier alpha value is -1.65. The van der Waals surface area contributed by atoms with Crippen molar-refractivity contribution in [2.24, 2.45) is 0 Å². The smallest absolute Gasteiger partial charge is 0.122 e. The van der Waals surface area contributed by atoms with E-state index in [1.807, 2.05) is 42.7 Å². The summed E-state index contributed by atoms with van der Waals surface area (Å²) in [6.07, 6.45) is 1.33. The third kappa shape index (κ3) is 3.26. The van der Waals surface area contributed by atoms with E-state index in [0.29, 0.717) is 11.5 Å². The lowest BCUT2D eigenvalue weighted by atomic mass is 10.0. The number of benzene rings is 2. The van der Waals surface area contributed by atoms with E-state index in [-0.39, 0.29) is 0 Å². The topological polar surface area (TPSA) is 38.7 Å². The molecule has 1 unspecified atom stereocenters. The van der Waals surface area contributed by atoms with E-state index in [2.05, 4.69) is 0 Å². The molecule has 0 bridgehead atoms. The summed E-state index contributed by atoms with van der Waals surface area (Å²) >= 11 is 1.68. The van der Waals surface area contributed by atoms with Gasteiger partial charge in [0.05, 0.1) is 14.2 Å². The summed E-state index contributed by atoms with van der Waals surface area (Å²) in [6.45, 7) is 0. The molecule has 0 heterocycles. The third-order valence-corrected chi connectivity index (χ3v) is 3.86. The Morgan fingerprint density at radius 1 is 0.900 bits per heavy atom. The van der Waals surface area contributed by atoms with Crippen molar-refractivity contribution in [3.05, 3.63) is 53.6 Å². The van der Waals surface area contributed by atoms with E-state index in [4.69, 9.17) is 9.47 Å². The van der Waals surface area contributed by atoms with Gasteiger partial charge in [0.2, 0.25) is 0 Å². The number of ether oxygens (including phenoxy) is 2. The minimum Gasteiger partial charge on any atom is -0.497 e. The summed E-state index contributed by atoms with van der Waals surface area (Å²) in [7, 11) is 3.19. The number of aliphatic hydroxyl groups excluding tert-OH is 1. The van der Waals surface area contributed by atoms with Crippen molar-refractivity contribution in [2.45, 2.75) is 11.0 Å². The predicted octanol–water partition coefficient (Wildman–Crippen LogP) is 3.51. The van der Waals surface area contributed by atoms with Gasteiger partial charge in [0, 0.05) is 11.0 Å². The largest absolute Gasteiger partial charge is 0.497 e. The summed E-state index contributed by atoms with van der Waals surface area (Å²) in [5, 5.41) is 10.5. The van der Waals surface area contributed by atoms with Gasteiger partial charge in [-0.15, -0.1) is 11.8 Å². The highest BCUT2D eigenvalue weighted by Crippen LogP contribution is 2.30. The van der Waals surface area contributed by atoms with Crippen LogP contribution in [0.3, 0.4) is 0 Å². The standard InChI is InChI=1S/C16H18O3S/c1-18-13-8-12(9-14(10-13)19-2)16(17)11-4-6-15(20-3)7-5-11/h4-10,16-17H,1-3H3. The van der Waals surface area contributed by atoms with E-state index in [0.717, 1.165) is 11.1 Å². The maximum atomic E-state index is 10.5. The molecule has 0 aliphatic heterocycles. The van der Waals surface area contributed by atoms with Gasteiger partial charge in [-0.1, -0.05) is 12.1 Å². The Kier molecular flexibility index (Phi) is 4.93. The Morgan fingerprint density at radius 2 is 1.45 bits per heavy atom. The number of hydrogen-bond donors (Lipinski definition) is 1. The molecule has 0 radical (unpaired) electrons. The van der Waals surface area contributed by atoms with Crippen molar-refractivity contribution >= 4 is 11.8 Å².